The zero-order chi connectivity index (χ0) is 14.7. The number of aromatic nitrogens is 3. The van der Waals surface area contributed by atoms with Gasteiger partial charge in [-0.2, -0.15) is 15.0 Å². The van der Waals surface area contributed by atoms with Crippen molar-refractivity contribution in [1.82, 2.24) is 15.0 Å². The summed E-state index contributed by atoms with van der Waals surface area (Å²) in [5.74, 6) is 0.301. The van der Waals surface area contributed by atoms with Crippen LogP contribution >= 0.6 is 0 Å². The van der Waals surface area contributed by atoms with Crippen LogP contribution in [0.5, 0.6) is 5.75 Å². The molecule has 3 rings (SSSR count). The maximum atomic E-state index is 9.87. The summed E-state index contributed by atoms with van der Waals surface area (Å²) in [6.45, 7) is 2.01. The number of phenolic OH excluding ortho intramolecular Hbond substituents is 1. The molecule has 1 atom stereocenters. The molecule has 0 aliphatic carbocycles. The SMILES string of the molecule is CC(Nc1ccc(-n2nccn2)cc1)c1ccccc1O. The molecule has 3 aromatic rings. The highest BCUT2D eigenvalue weighted by atomic mass is 16.3. The van der Waals surface area contributed by atoms with Crippen molar-refractivity contribution >= 4 is 5.69 Å². The summed E-state index contributed by atoms with van der Waals surface area (Å²) in [6.07, 6.45) is 3.29. The minimum Gasteiger partial charge on any atom is -0.508 e. The van der Waals surface area contributed by atoms with Gasteiger partial charge in [-0.15, -0.1) is 0 Å². The summed E-state index contributed by atoms with van der Waals surface area (Å²) in [6, 6.07) is 15.2. The van der Waals surface area contributed by atoms with Crippen LogP contribution in [-0.4, -0.2) is 20.1 Å². The monoisotopic (exact) mass is 280 g/mol. The molecule has 0 fully saturated rings. The van der Waals surface area contributed by atoms with Crippen molar-refractivity contribution in [3.05, 3.63) is 66.5 Å². The topological polar surface area (TPSA) is 63.0 Å². The lowest BCUT2D eigenvalue weighted by molar-refractivity contribution is 0.465. The summed E-state index contributed by atoms with van der Waals surface area (Å²) in [5, 5.41) is 21.4. The Labute approximate surface area is 122 Å². The summed E-state index contributed by atoms with van der Waals surface area (Å²) < 4.78 is 0. The average Bonchev–Trinajstić information content (AvgIpc) is 3.02. The highest BCUT2D eigenvalue weighted by Gasteiger charge is 2.09. The van der Waals surface area contributed by atoms with Crippen molar-refractivity contribution in [2.75, 3.05) is 5.32 Å². The number of nitrogens with one attached hydrogen (secondary N) is 1. The molecule has 0 bridgehead atoms. The van der Waals surface area contributed by atoms with E-state index in [4.69, 9.17) is 0 Å². The number of anilines is 1. The smallest absolute Gasteiger partial charge is 0.120 e. The van der Waals surface area contributed by atoms with Gasteiger partial charge in [0.15, 0.2) is 0 Å². The zero-order valence-corrected chi connectivity index (χ0v) is 11.6. The van der Waals surface area contributed by atoms with Crippen LogP contribution in [0.25, 0.3) is 5.69 Å². The first-order valence-electron chi connectivity index (χ1n) is 6.75. The molecular formula is C16H16N4O. The van der Waals surface area contributed by atoms with E-state index in [0.717, 1.165) is 16.9 Å². The molecule has 0 aliphatic rings. The molecule has 21 heavy (non-hydrogen) atoms. The van der Waals surface area contributed by atoms with Crippen LogP contribution in [0, 0.1) is 0 Å². The van der Waals surface area contributed by atoms with Crippen molar-refractivity contribution in [3.63, 3.8) is 0 Å². The van der Waals surface area contributed by atoms with Gasteiger partial charge in [-0.05, 0) is 37.3 Å². The van der Waals surface area contributed by atoms with Gasteiger partial charge in [0, 0.05) is 11.3 Å². The molecular weight excluding hydrogens is 264 g/mol. The Bertz CT molecular complexity index is 707. The Morgan fingerprint density at radius 2 is 1.67 bits per heavy atom. The highest BCUT2D eigenvalue weighted by molar-refractivity contribution is 5.50. The lowest BCUT2D eigenvalue weighted by Crippen LogP contribution is -2.07. The lowest BCUT2D eigenvalue weighted by Gasteiger charge is -2.17. The molecule has 0 spiro atoms. The third-order valence-corrected chi connectivity index (χ3v) is 3.30. The highest BCUT2D eigenvalue weighted by Crippen LogP contribution is 2.26. The quantitative estimate of drug-likeness (QED) is 0.770. The fourth-order valence-electron chi connectivity index (χ4n) is 2.22. The Kier molecular flexibility index (Phi) is 3.55. The van der Waals surface area contributed by atoms with Gasteiger partial charge in [-0.25, -0.2) is 0 Å². The number of benzene rings is 2. The van der Waals surface area contributed by atoms with Crippen LogP contribution < -0.4 is 5.32 Å². The predicted molar refractivity (Wildman–Crippen MR) is 81.5 cm³/mol. The maximum Gasteiger partial charge on any atom is 0.120 e. The minimum atomic E-state index is 0.0138. The Hall–Kier alpha value is -2.82. The second kappa shape index (κ2) is 5.66. The average molecular weight is 280 g/mol. The van der Waals surface area contributed by atoms with Gasteiger partial charge in [0.1, 0.15) is 5.75 Å². The second-order valence-electron chi connectivity index (χ2n) is 4.79. The standard InChI is InChI=1S/C16H16N4O/c1-12(15-4-2-3-5-16(15)21)19-13-6-8-14(9-7-13)20-17-10-11-18-20/h2-12,19,21H,1H3. The Morgan fingerprint density at radius 3 is 2.33 bits per heavy atom. The van der Waals surface area contributed by atoms with Gasteiger partial charge in [-0.1, -0.05) is 18.2 Å². The summed E-state index contributed by atoms with van der Waals surface area (Å²) in [4.78, 5) is 1.57. The molecule has 0 saturated heterocycles. The van der Waals surface area contributed by atoms with Gasteiger partial charge < -0.3 is 10.4 Å². The van der Waals surface area contributed by atoms with Crippen molar-refractivity contribution in [1.29, 1.82) is 0 Å². The van der Waals surface area contributed by atoms with E-state index in [-0.39, 0.29) is 6.04 Å². The van der Waals surface area contributed by atoms with Crippen LogP contribution in [0.4, 0.5) is 5.69 Å². The minimum absolute atomic E-state index is 0.0138. The zero-order valence-electron chi connectivity index (χ0n) is 11.6. The second-order valence-corrected chi connectivity index (χ2v) is 4.79. The molecule has 0 amide bonds. The van der Waals surface area contributed by atoms with Crippen LogP contribution in [0.15, 0.2) is 60.9 Å². The maximum absolute atomic E-state index is 9.87. The summed E-state index contributed by atoms with van der Waals surface area (Å²) in [7, 11) is 0. The van der Waals surface area contributed by atoms with E-state index < -0.39 is 0 Å². The summed E-state index contributed by atoms with van der Waals surface area (Å²) >= 11 is 0. The Balaban J connectivity index is 1.75. The third-order valence-electron chi connectivity index (χ3n) is 3.30. The van der Waals surface area contributed by atoms with Gasteiger partial charge >= 0.3 is 0 Å². The van der Waals surface area contributed by atoms with Crippen molar-refractivity contribution < 1.29 is 5.11 Å². The number of nitrogens with zero attached hydrogens (tertiary/aromatic N) is 3. The molecule has 106 valence electrons. The number of para-hydroxylation sites is 1. The molecule has 1 unspecified atom stereocenters. The van der Waals surface area contributed by atoms with Crippen LogP contribution in [0.1, 0.15) is 18.5 Å². The van der Waals surface area contributed by atoms with E-state index in [1.165, 1.54) is 0 Å². The molecule has 2 aromatic carbocycles. The van der Waals surface area contributed by atoms with E-state index in [9.17, 15) is 5.11 Å². The first kappa shape index (κ1) is 13.2. The van der Waals surface area contributed by atoms with Crippen molar-refractivity contribution in [3.8, 4) is 11.4 Å². The third kappa shape index (κ3) is 2.86. The molecule has 0 radical (unpaired) electrons. The van der Waals surface area contributed by atoms with Gasteiger partial charge in [0.05, 0.1) is 24.1 Å². The summed E-state index contributed by atoms with van der Waals surface area (Å²) in [5.41, 5.74) is 2.75. The largest absolute Gasteiger partial charge is 0.508 e. The van der Waals surface area contributed by atoms with Gasteiger partial charge in [0.25, 0.3) is 0 Å². The molecule has 0 aliphatic heterocycles. The van der Waals surface area contributed by atoms with E-state index >= 15 is 0 Å². The fraction of sp³-hybridized carbons (Fsp3) is 0.125. The van der Waals surface area contributed by atoms with Gasteiger partial charge in [0.2, 0.25) is 0 Å². The van der Waals surface area contributed by atoms with Crippen LogP contribution in [-0.2, 0) is 0 Å². The lowest BCUT2D eigenvalue weighted by atomic mass is 10.1. The molecule has 1 aromatic heterocycles. The molecule has 5 heteroatoms. The number of hydrogen-bond donors (Lipinski definition) is 2. The normalized spacial score (nSPS) is 12.0. The molecule has 5 nitrogen and oxygen atoms in total. The van der Waals surface area contributed by atoms with E-state index in [1.54, 1.807) is 23.3 Å². The van der Waals surface area contributed by atoms with E-state index in [0.29, 0.717) is 5.75 Å². The van der Waals surface area contributed by atoms with E-state index in [2.05, 4.69) is 15.5 Å². The molecule has 2 N–H and O–H groups in total. The van der Waals surface area contributed by atoms with E-state index in [1.807, 2.05) is 49.4 Å². The van der Waals surface area contributed by atoms with Crippen molar-refractivity contribution in [2.24, 2.45) is 0 Å². The number of rotatable bonds is 4. The first-order chi connectivity index (χ1) is 10.2. The molecule has 0 saturated carbocycles. The molecule has 1 heterocycles. The van der Waals surface area contributed by atoms with Crippen LogP contribution in [0.3, 0.4) is 0 Å². The number of aromatic hydroxyl groups is 1. The van der Waals surface area contributed by atoms with Crippen LogP contribution in [0.2, 0.25) is 0 Å². The number of phenols is 1. The van der Waals surface area contributed by atoms with Crippen molar-refractivity contribution in [2.45, 2.75) is 13.0 Å². The fourth-order valence-corrected chi connectivity index (χ4v) is 2.22. The van der Waals surface area contributed by atoms with Gasteiger partial charge in [-0.3, -0.25) is 0 Å². The number of hydrogen-bond acceptors (Lipinski definition) is 4. The predicted octanol–water partition coefficient (Wildman–Crippen LogP) is 3.15. The first-order valence-corrected chi connectivity index (χ1v) is 6.75. The Morgan fingerprint density at radius 1 is 1.00 bits per heavy atom.